The van der Waals surface area contributed by atoms with Crippen molar-refractivity contribution in [1.29, 1.82) is 0 Å². The van der Waals surface area contributed by atoms with Gasteiger partial charge < -0.3 is 14.1 Å². The van der Waals surface area contributed by atoms with Gasteiger partial charge in [-0.3, -0.25) is 14.5 Å². The Morgan fingerprint density at radius 1 is 1.35 bits per heavy atom. The van der Waals surface area contributed by atoms with Gasteiger partial charge in [0.25, 0.3) is 0 Å². The van der Waals surface area contributed by atoms with Crippen molar-refractivity contribution >= 4 is 11.9 Å². The molecule has 0 unspecified atom stereocenters. The lowest BCUT2D eigenvalue weighted by molar-refractivity contribution is -0.142. The molecule has 1 amide bonds. The number of carbonyl (C=O) groups excluding carboxylic acids is 2. The van der Waals surface area contributed by atoms with Crippen molar-refractivity contribution in [2.75, 3.05) is 33.8 Å². The van der Waals surface area contributed by atoms with Crippen molar-refractivity contribution in [3.8, 4) is 0 Å². The van der Waals surface area contributed by atoms with Gasteiger partial charge in [0.1, 0.15) is 5.76 Å². The molecule has 112 valence electrons. The lowest BCUT2D eigenvalue weighted by Crippen LogP contribution is -2.41. The van der Waals surface area contributed by atoms with Crippen LogP contribution >= 0.6 is 0 Å². The lowest BCUT2D eigenvalue weighted by atomic mass is 10.3. The first-order valence-electron chi connectivity index (χ1n) is 6.62. The van der Waals surface area contributed by atoms with E-state index in [2.05, 4.69) is 4.74 Å². The van der Waals surface area contributed by atoms with Crippen LogP contribution < -0.4 is 0 Å². The summed E-state index contributed by atoms with van der Waals surface area (Å²) in [5.41, 5.74) is 0. The predicted octanol–water partition coefficient (Wildman–Crippen LogP) is 1.12. The zero-order chi connectivity index (χ0) is 15.0. The van der Waals surface area contributed by atoms with E-state index in [9.17, 15) is 9.59 Å². The highest BCUT2D eigenvalue weighted by Gasteiger charge is 2.17. The summed E-state index contributed by atoms with van der Waals surface area (Å²) in [5.74, 6) is 0.342. The van der Waals surface area contributed by atoms with Gasteiger partial charge in [-0.25, -0.2) is 0 Å². The molecule has 0 atom stereocenters. The minimum atomic E-state index is -0.333. The standard InChI is InChI=1S/C14H22N2O4/c1-4-7-16(11-14(18)19-3)10-13(17)15(2)9-12-6-5-8-20-12/h5-6,8H,4,7,9-11H2,1-3H3. The molecule has 0 fully saturated rings. The molecule has 0 saturated carbocycles. The highest BCUT2D eigenvalue weighted by molar-refractivity contribution is 5.79. The Morgan fingerprint density at radius 3 is 2.65 bits per heavy atom. The lowest BCUT2D eigenvalue weighted by Gasteiger charge is -2.23. The molecule has 0 bridgehead atoms. The van der Waals surface area contributed by atoms with Crippen LogP contribution in [-0.4, -0.2) is 55.5 Å². The maximum Gasteiger partial charge on any atom is 0.319 e. The Labute approximate surface area is 119 Å². The van der Waals surface area contributed by atoms with Crippen LogP contribution in [0, 0.1) is 0 Å². The number of hydrogen-bond acceptors (Lipinski definition) is 5. The number of likely N-dealkylation sites (N-methyl/N-ethyl adjacent to an activating group) is 1. The monoisotopic (exact) mass is 282 g/mol. The van der Waals surface area contributed by atoms with Crippen molar-refractivity contribution in [3.63, 3.8) is 0 Å². The normalized spacial score (nSPS) is 10.6. The fraction of sp³-hybridized carbons (Fsp3) is 0.571. The van der Waals surface area contributed by atoms with Crippen molar-refractivity contribution < 1.29 is 18.7 Å². The quantitative estimate of drug-likeness (QED) is 0.669. The summed E-state index contributed by atoms with van der Waals surface area (Å²) in [6.45, 7) is 3.42. The number of ether oxygens (including phenoxy) is 1. The van der Waals surface area contributed by atoms with E-state index in [1.165, 1.54) is 7.11 Å². The molecule has 0 N–H and O–H groups in total. The van der Waals surface area contributed by atoms with Gasteiger partial charge in [0.2, 0.25) is 5.91 Å². The third-order valence-corrected chi connectivity index (χ3v) is 2.88. The van der Waals surface area contributed by atoms with E-state index in [4.69, 9.17) is 4.42 Å². The van der Waals surface area contributed by atoms with Gasteiger partial charge in [0.15, 0.2) is 0 Å². The van der Waals surface area contributed by atoms with E-state index in [1.54, 1.807) is 29.2 Å². The predicted molar refractivity (Wildman–Crippen MR) is 73.9 cm³/mol. The molecule has 1 rings (SSSR count). The molecular formula is C14H22N2O4. The molecule has 1 aromatic heterocycles. The molecule has 6 nitrogen and oxygen atoms in total. The second-order valence-corrected chi connectivity index (χ2v) is 4.62. The Kier molecular flexibility index (Phi) is 6.79. The maximum absolute atomic E-state index is 12.1. The highest BCUT2D eigenvalue weighted by atomic mass is 16.5. The number of methoxy groups -OCH3 is 1. The van der Waals surface area contributed by atoms with Gasteiger partial charge in [-0.2, -0.15) is 0 Å². The van der Waals surface area contributed by atoms with Crippen LogP contribution in [-0.2, 0) is 20.9 Å². The van der Waals surface area contributed by atoms with Crippen molar-refractivity contribution in [2.45, 2.75) is 19.9 Å². The van der Waals surface area contributed by atoms with Crippen LogP contribution in [0.3, 0.4) is 0 Å². The van der Waals surface area contributed by atoms with Crippen molar-refractivity contribution in [1.82, 2.24) is 9.80 Å². The van der Waals surface area contributed by atoms with E-state index in [0.29, 0.717) is 13.1 Å². The van der Waals surface area contributed by atoms with Crippen molar-refractivity contribution in [3.05, 3.63) is 24.2 Å². The van der Waals surface area contributed by atoms with E-state index in [0.717, 1.165) is 12.2 Å². The molecule has 1 heterocycles. The number of hydrogen-bond donors (Lipinski definition) is 0. The average Bonchev–Trinajstić information content (AvgIpc) is 2.91. The smallest absolute Gasteiger partial charge is 0.319 e. The first-order chi connectivity index (χ1) is 9.56. The van der Waals surface area contributed by atoms with Crippen LogP contribution in [0.1, 0.15) is 19.1 Å². The van der Waals surface area contributed by atoms with Gasteiger partial charge in [0, 0.05) is 7.05 Å². The third kappa shape index (κ3) is 5.44. The molecule has 0 aliphatic heterocycles. The molecule has 1 aromatic rings. The first kappa shape index (κ1) is 16.2. The first-order valence-corrected chi connectivity index (χ1v) is 6.62. The number of rotatable bonds is 8. The van der Waals surface area contributed by atoms with Gasteiger partial charge in [0.05, 0.1) is 33.0 Å². The number of amides is 1. The second kappa shape index (κ2) is 8.37. The largest absolute Gasteiger partial charge is 0.468 e. The van der Waals surface area contributed by atoms with Gasteiger partial charge in [-0.1, -0.05) is 6.92 Å². The zero-order valence-corrected chi connectivity index (χ0v) is 12.3. The molecule has 0 spiro atoms. The fourth-order valence-electron chi connectivity index (χ4n) is 1.81. The molecule has 6 heteroatoms. The van der Waals surface area contributed by atoms with Crippen LogP contribution in [0.15, 0.2) is 22.8 Å². The summed E-state index contributed by atoms with van der Waals surface area (Å²) in [6, 6.07) is 3.61. The van der Waals surface area contributed by atoms with E-state index >= 15 is 0 Å². The Bertz CT molecular complexity index is 417. The summed E-state index contributed by atoms with van der Waals surface area (Å²) in [4.78, 5) is 26.8. The Hall–Kier alpha value is -1.82. The van der Waals surface area contributed by atoms with Crippen LogP contribution in [0.25, 0.3) is 0 Å². The minimum absolute atomic E-state index is 0.0567. The molecule has 0 radical (unpaired) electrons. The Morgan fingerprint density at radius 2 is 2.10 bits per heavy atom. The van der Waals surface area contributed by atoms with Gasteiger partial charge in [-0.05, 0) is 25.1 Å². The zero-order valence-electron chi connectivity index (χ0n) is 12.3. The molecular weight excluding hydrogens is 260 g/mol. The topological polar surface area (TPSA) is 63.0 Å². The van der Waals surface area contributed by atoms with Crippen LogP contribution in [0.2, 0.25) is 0 Å². The number of carbonyl (C=O) groups is 2. The van der Waals surface area contributed by atoms with Gasteiger partial charge >= 0.3 is 5.97 Å². The van der Waals surface area contributed by atoms with Gasteiger partial charge in [-0.15, -0.1) is 0 Å². The highest BCUT2D eigenvalue weighted by Crippen LogP contribution is 2.04. The number of nitrogens with zero attached hydrogens (tertiary/aromatic N) is 2. The fourth-order valence-corrected chi connectivity index (χ4v) is 1.81. The summed E-state index contributed by atoms with van der Waals surface area (Å²) in [6.07, 6.45) is 2.44. The van der Waals surface area contributed by atoms with Crippen molar-refractivity contribution in [2.24, 2.45) is 0 Å². The maximum atomic E-state index is 12.1. The van der Waals surface area contributed by atoms with Crippen LogP contribution in [0.5, 0.6) is 0 Å². The number of furan rings is 1. The molecule has 0 saturated heterocycles. The summed E-state index contributed by atoms with van der Waals surface area (Å²) < 4.78 is 9.84. The summed E-state index contributed by atoms with van der Waals surface area (Å²) >= 11 is 0. The van der Waals surface area contributed by atoms with Crippen LogP contribution in [0.4, 0.5) is 0 Å². The number of esters is 1. The summed E-state index contributed by atoms with van der Waals surface area (Å²) in [7, 11) is 3.06. The average molecular weight is 282 g/mol. The van der Waals surface area contributed by atoms with E-state index < -0.39 is 0 Å². The molecule has 20 heavy (non-hydrogen) atoms. The van der Waals surface area contributed by atoms with E-state index in [1.807, 2.05) is 13.0 Å². The third-order valence-electron chi connectivity index (χ3n) is 2.88. The molecule has 0 aliphatic carbocycles. The Balaban J connectivity index is 2.49. The molecule has 0 aromatic carbocycles. The minimum Gasteiger partial charge on any atom is -0.468 e. The van der Waals surface area contributed by atoms with E-state index in [-0.39, 0.29) is 25.0 Å². The summed E-state index contributed by atoms with van der Waals surface area (Å²) in [5, 5.41) is 0. The molecule has 0 aliphatic rings. The second-order valence-electron chi connectivity index (χ2n) is 4.62. The SMILES string of the molecule is CCCN(CC(=O)OC)CC(=O)N(C)Cc1ccco1.